The van der Waals surface area contributed by atoms with Gasteiger partial charge in [-0.1, -0.05) is 89.4 Å². The van der Waals surface area contributed by atoms with Gasteiger partial charge in [-0.15, -0.1) is 6.58 Å². The van der Waals surface area contributed by atoms with Crippen molar-refractivity contribution >= 4 is 7.60 Å². The minimum atomic E-state index is -3.56. The van der Waals surface area contributed by atoms with Gasteiger partial charge in [-0.05, 0) is 44.9 Å². The van der Waals surface area contributed by atoms with Crippen molar-refractivity contribution in [3.05, 3.63) is 24.8 Å². The molecule has 0 bridgehead atoms. The summed E-state index contributed by atoms with van der Waals surface area (Å²) in [6.07, 6.45) is 28.9. The van der Waals surface area contributed by atoms with Crippen LogP contribution in [0.1, 0.15) is 122 Å². The van der Waals surface area contributed by atoms with E-state index in [1.807, 2.05) is 34.1 Å². The Morgan fingerprint density at radius 1 is 0.758 bits per heavy atom. The van der Waals surface area contributed by atoms with Crippen molar-refractivity contribution < 1.29 is 18.5 Å². The van der Waals surface area contributed by atoms with Crippen molar-refractivity contribution in [2.24, 2.45) is 0 Å². The molecule has 0 fully saturated rings. The zero-order chi connectivity index (χ0) is 24.8. The summed E-state index contributed by atoms with van der Waals surface area (Å²) in [6.45, 7) is 6.12. The molecule has 0 saturated heterocycles. The summed E-state index contributed by atoms with van der Waals surface area (Å²) in [5.74, 6) is -0.352. The molecule has 5 heteroatoms. The summed E-state index contributed by atoms with van der Waals surface area (Å²) in [7, 11) is 2.30. The van der Waals surface area contributed by atoms with Crippen LogP contribution in [-0.2, 0) is 9.09 Å². The molecule has 2 atom stereocenters. The minimum absolute atomic E-state index is 0.352. The summed E-state index contributed by atoms with van der Waals surface area (Å²) in [5.41, 5.74) is 0. The van der Waals surface area contributed by atoms with Gasteiger partial charge in [0, 0.05) is 6.42 Å². The normalized spacial score (nSPS) is 15.1. The Bertz CT molecular complexity index is 528. The summed E-state index contributed by atoms with van der Waals surface area (Å²) < 4.78 is 18.4. The molecule has 0 radical (unpaired) electrons. The second-order valence-corrected chi connectivity index (χ2v) is 12.5. The molecule has 0 aliphatic heterocycles. The van der Waals surface area contributed by atoms with Crippen LogP contribution in [0.3, 0.4) is 0 Å². The highest BCUT2D eigenvalue weighted by Gasteiger charge is 2.41. The van der Waals surface area contributed by atoms with Gasteiger partial charge >= 0.3 is 7.60 Å². The first-order valence-electron chi connectivity index (χ1n) is 13.8. The van der Waals surface area contributed by atoms with E-state index in [0.29, 0.717) is 17.5 Å². The monoisotopic (exact) mass is 486 g/mol. The Labute approximate surface area is 207 Å². The Balaban J connectivity index is 3.44. The van der Waals surface area contributed by atoms with E-state index in [4.69, 9.17) is 4.52 Å². The summed E-state index contributed by atoms with van der Waals surface area (Å²) in [6, 6.07) is 0. The fourth-order valence-electron chi connectivity index (χ4n) is 4.42. The minimum Gasteiger partial charge on any atom is -0.320 e. The Morgan fingerprint density at radius 2 is 1.15 bits per heavy atom. The number of rotatable bonds is 24. The highest BCUT2D eigenvalue weighted by molar-refractivity contribution is 7.53. The molecule has 0 amide bonds. The van der Waals surface area contributed by atoms with Gasteiger partial charge in [0.15, 0.2) is 5.78 Å². The van der Waals surface area contributed by atoms with Crippen LogP contribution in [0, 0.1) is 0 Å². The molecule has 0 aromatic rings. The highest BCUT2D eigenvalue weighted by atomic mass is 31.2. The van der Waals surface area contributed by atoms with Crippen LogP contribution in [0.25, 0.3) is 0 Å². The van der Waals surface area contributed by atoms with E-state index in [1.54, 1.807) is 0 Å². The van der Waals surface area contributed by atoms with Crippen LogP contribution in [0.15, 0.2) is 24.8 Å². The molecule has 0 aromatic carbocycles. The molecule has 0 heterocycles. The third-order valence-corrected chi connectivity index (χ3v) is 8.74. The van der Waals surface area contributed by atoms with E-state index in [9.17, 15) is 9.46 Å². The SMILES string of the molecule is C=CCCCCCCCCC=CCCCCCCCCCCOP(=O)(O)C(CC)[N+](C)(C)C. The molecule has 4 nitrogen and oxygen atoms in total. The topological polar surface area (TPSA) is 46.5 Å². The van der Waals surface area contributed by atoms with Crippen molar-refractivity contribution in [1.82, 2.24) is 0 Å². The van der Waals surface area contributed by atoms with E-state index in [2.05, 4.69) is 18.7 Å². The van der Waals surface area contributed by atoms with Gasteiger partial charge < -0.3 is 13.9 Å². The van der Waals surface area contributed by atoms with Crippen molar-refractivity contribution in [1.29, 1.82) is 0 Å². The lowest BCUT2D eigenvalue weighted by Crippen LogP contribution is -2.44. The largest absolute Gasteiger partial charge is 0.385 e. The standard InChI is InChI=1S/C28H56NO3P/c1-6-8-9-10-11-12-13-14-15-16-17-18-19-20-21-22-23-24-25-26-27-32-33(30,31)28(7-2)29(3,4)5/h6,16-17,28H,1,7-15,18-27H2,2-5H3/p+1. The maximum absolute atomic E-state index is 12.5. The molecular formula is C28H57NO3P+. The van der Waals surface area contributed by atoms with Crippen molar-refractivity contribution in [3.63, 3.8) is 0 Å². The van der Waals surface area contributed by atoms with Gasteiger partial charge in [0.1, 0.15) is 0 Å². The Hall–Kier alpha value is -0.410. The van der Waals surface area contributed by atoms with Gasteiger partial charge in [-0.25, -0.2) is 0 Å². The molecule has 0 aliphatic rings. The Kier molecular flexibility index (Phi) is 20.7. The average Bonchev–Trinajstić information content (AvgIpc) is 2.74. The summed E-state index contributed by atoms with van der Waals surface area (Å²) >= 11 is 0. The van der Waals surface area contributed by atoms with E-state index < -0.39 is 7.60 Å². The molecule has 1 N–H and O–H groups in total. The van der Waals surface area contributed by atoms with Crippen LogP contribution < -0.4 is 0 Å². The van der Waals surface area contributed by atoms with E-state index in [0.717, 1.165) is 12.8 Å². The second kappa shape index (κ2) is 20.9. The maximum Gasteiger partial charge on any atom is 0.385 e. The molecule has 33 heavy (non-hydrogen) atoms. The van der Waals surface area contributed by atoms with Gasteiger partial charge in [0.05, 0.1) is 27.7 Å². The second-order valence-electron chi connectivity index (χ2n) is 10.5. The maximum atomic E-state index is 12.5. The molecule has 0 rings (SSSR count). The van der Waals surface area contributed by atoms with Crippen LogP contribution in [0.2, 0.25) is 0 Å². The first-order chi connectivity index (χ1) is 15.8. The zero-order valence-electron chi connectivity index (χ0n) is 22.6. The number of unbranched alkanes of at least 4 members (excludes halogenated alkanes) is 15. The third-order valence-electron chi connectivity index (χ3n) is 6.37. The third kappa shape index (κ3) is 19.6. The van der Waals surface area contributed by atoms with Crippen LogP contribution in [-0.4, -0.2) is 42.9 Å². The van der Waals surface area contributed by atoms with Crippen molar-refractivity contribution in [2.45, 2.75) is 128 Å². The van der Waals surface area contributed by atoms with E-state index in [-0.39, 0.29) is 5.78 Å². The molecule has 0 aromatic heterocycles. The number of quaternary nitrogens is 1. The fraction of sp³-hybridized carbons (Fsp3) is 0.857. The Morgan fingerprint density at radius 3 is 1.55 bits per heavy atom. The van der Waals surface area contributed by atoms with Gasteiger partial charge in [0.25, 0.3) is 0 Å². The van der Waals surface area contributed by atoms with Crippen LogP contribution >= 0.6 is 7.60 Å². The van der Waals surface area contributed by atoms with E-state index >= 15 is 0 Å². The summed E-state index contributed by atoms with van der Waals surface area (Å²) in [4.78, 5) is 10.3. The smallest absolute Gasteiger partial charge is 0.320 e. The fourth-order valence-corrected chi connectivity index (χ4v) is 6.32. The quantitative estimate of drug-likeness (QED) is 0.0640. The predicted molar refractivity (Wildman–Crippen MR) is 146 cm³/mol. The lowest BCUT2D eigenvalue weighted by atomic mass is 10.1. The molecule has 196 valence electrons. The average molecular weight is 487 g/mol. The number of nitrogens with zero attached hydrogens (tertiary/aromatic N) is 1. The van der Waals surface area contributed by atoms with Crippen LogP contribution in [0.5, 0.6) is 0 Å². The zero-order valence-corrected chi connectivity index (χ0v) is 23.5. The van der Waals surface area contributed by atoms with Crippen molar-refractivity contribution in [3.8, 4) is 0 Å². The molecule has 2 unspecified atom stereocenters. The molecule has 0 spiro atoms. The van der Waals surface area contributed by atoms with Gasteiger partial charge in [0.2, 0.25) is 0 Å². The lowest BCUT2D eigenvalue weighted by Gasteiger charge is -2.35. The first-order valence-corrected chi connectivity index (χ1v) is 15.4. The van der Waals surface area contributed by atoms with E-state index in [1.165, 1.54) is 96.3 Å². The molecular weight excluding hydrogens is 429 g/mol. The van der Waals surface area contributed by atoms with Crippen molar-refractivity contribution in [2.75, 3.05) is 27.7 Å². The van der Waals surface area contributed by atoms with Gasteiger partial charge in [-0.3, -0.25) is 4.57 Å². The van der Waals surface area contributed by atoms with Crippen LogP contribution in [0.4, 0.5) is 0 Å². The number of allylic oxidation sites excluding steroid dienone is 3. The predicted octanol–water partition coefficient (Wildman–Crippen LogP) is 9.00. The lowest BCUT2D eigenvalue weighted by molar-refractivity contribution is -0.883. The molecule has 0 aliphatic carbocycles. The number of hydrogen-bond acceptors (Lipinski definition) is 2. The van der Waals surface area contributed by atoms with Gasteiger partial charge in [-0.2, -0.15) is 0 Å². The molecule has 0 saturated carbocycles. The summed E-state index contributed by atoms with van der Waals surface area (Å²) in [5, 5.41) is 0. The number of hydrogen-bond donors (Lipinski definition) is 1. The highest BCUT2D eigenvalue weighted by Crippen LogP contribution is 2.51. The first kappa shape index (κ1) is 32.6.